The number of amides is 2. The fourth-order valence-corrected chi connectivity index (χ4v) is 1.79. The Morgan fingerprint density at radius 1 is 1.27 bits per heavy atom. The van der Waals surface area contributed by atoms with Gasteiger partial charge < -0.3 is 10.5 Å². The molecule has 5 nitrogen and oxygen atoms in total. The number of hydrogen-bond donors (Lipinski definition) is 2. The Hall–Kier alpha value is -2.48. The summed E-state index contributed by atoms with van der Waals surface area (Å²) in [6.45, 7) is 0. The molecule has 1 aromatic carbocycles. The van der Waals surface area contributed by atoms with E-state index in [2.05, 4.69) is 10.3 Å². The largest absolute Gasteiger partial charge is 0.428 e. The molecular formula is C13H9ClF3N3O2. The maximum Gasteiger partial charge on any atom is 0.418 e. The molecule has 0 saturated heterocycles. The summed E-state index contributed by atoms with van der Waals surface area (Å²) in [4.78, 5) is 15.3. The van der Waals surface area contributed by atoms with Gasteiger partial charge in [0.15, 0.2) is 0 Å². The van der Waals surface area contributed by atoms with Gasteiger partial charge >= 0.3 is 12.2 Å². The van der Waals surface area contributed by atoms with Crippen LogP contribution >= 0.6 is 11.6 Å². The minimum absolute atomic E-state index is 0.0808. The van der Waals surface area contributed by atoms with Crippen LogP contribution in [0.2, 0.25) is 5.15 Å². The van der Waals surface area contributed by atoms with E-state index in [1.165, 1.54) is 24.3 Å². The summed E-state index contributed by atoms with van der Waals surface area (Å²) in [6.07, 6.45) is -3.46. The summed E-state index contributed by atoms with van der Waals surface area (Å²) in [5.41, 5.74) is -1.37. The zero-order chi connectivity index (χ0) is 16.3. The van der Waals surface area contributed by atoms with E-state index in [0.717, 1.165) is 18.3 Å². The number of carbonyl (C=O) groups is 1. The molecular weight excluding hydrogens is 323 g/mol. The number of nitrogens with zero attached hydrogens (tertiary/aromatic N) is 2. The van der Waals surface area contributed by atoms with Crippen LogP contribution in [0, 0.1) is 0 Å². The van der Waals surface area contributed by atoms with Gasteiger partial charge in [-0.15, -0.1) is 0 Å². The van der Waals surface area contributed by atoms with Crippen molar-refractivity contribution in [3.05, 3.63) is 58.7 Å². The van der Waals surface area contributed by atoms with Crippen molar-refractivity contribution in [2.75, 3.05) is 5.32 Å². The Labute approximate surface area is 127 Å². The highest BCUT2D eigenvalue weighted by molar-refractivity contribution is 6.29. The number of carbonyl (C=O) groups excluding carboxylic acids is 1. The lowest BCUT2D eigenvalue weighted by Gasteiger charge is -2.12. The van der Waals surface area contributed by atoms with Crippen LogP contribution in [-0.2, 0) is 6.18 Å². The number of benzene rings is 1. The molecule has 0 spiro atoms. The third-order valence-electron chi connectivity index (χ3n) is 2.58. The average molecular weight is 332 g/mol. The van der Waals surface area contributed by atoms with Crippen LogP contribution in [-0.4, -0.2) is 16.0 Å². The molecule has 0 bridgehead atoms. The zero-order valence-corrected chi connectivity index (χ0v) is 11.6. The maximum absolute atomic E-state index is 12.8. The summed E-state index contributed by atoms with van der Waals surface area (Å²) in [5.74, 6) is 0. The van der Waals surface area contributed by atoms with Gasteiger partial charge in [0, 0.05) is 12.3 Å². The normalized spacial score (nSPS) is 12.3. The van der Waals surface area contributed by atoms with Gasteiger partial charge in [0.1, 0.15) is 5.15 Å². The predicted octanol–water partition coefficient (Wildman–Crippen LogP) is 3.53. The van der Waals surface area contributed by atoms with Crippen LogP contribution in [0.5, 0.6) is 0 Å². The first-order valence-electron chi connectivity index (χ1n) is 5.87. The number of nitrogens with one attached hydrogen (secondary N) is 1. The van der Waals surface area contributed by atoms with Gasteiger partial charge in [-0.25, -0.2) is 4.79 Å². The second kappa shape index (κ2) is 6.10. The SMILES string of the molecule is O=C(/N=c1/ccn(O)c(Cl)c1)Nc1ccccc1C(F)(F)F. The fraction of sp³-hybridized carbons (Fsp3) is 0.0769. The van der Waals surface area contributed by atoms with Crippen molar-refractivity contribution in [1.29, 1.82) is 0 Å². The van der Waals surface area contributed by atoms with Crippen molar-refractivity contribution in [2.24, 2.45) is 4.99 Å². The minimum Gasteiger partial charge on any atom is -0.428 e. The lowest BCUT2D eigenvalue weighted by atomic mass is 10.1. The van der Waals surface area contributed by atoms with Crippen LogP contribution in [0.4, 0.5) is 23.7 Å². The smallest absolute Gasteiger partial charge is 0.418 e. The molecule has 2 N–H and O–H groups in total. The Kier molecular flexibility index (Phi) is 4.41. The van der Waals surface area contributed by atoms with E-state index < -0.39 is 23.5 Å². The van der Waals surface area contributed by atoms with Gasteiger partial charge in [0.05, 0.1) is 16.6 Å². The Morgan fingerprint density at radius 3 is 2.59 bits per heavy atom. The quantitative estimate of drug-likeness (QED) is 0.620. The molecule has 22 heavy (non-hydrogen) atoms. The number of halogens is 4. The molecule has 2 rings (SSSR count). The van der Waals surface area contributed by atoms with E-state index in [-0.39, 0.29) is 10.5 Å². The van der Waals surface area contributed by atoms with E-state index in [1.807, 2.05) is 0 Å². The summed E-state index contributed by atoms with van der Waals surface area (Å²) in [7, 11) is 0. The minimum atomic E-state index is -4.59. The number of para-hydroxylation sites is 1. The van der Waals surface area contributed by atoms with Crippen molar-refractivity contribution in [3.8, 4) is 0 Å². The van der Waals surface area contributed by atoms with E-state index in [4.69, 9.17) is 16.8 Å². The van der Waals surface area contributed by atoms with E-state index in [1.54, 1.807) is 0 Å². The summed E-state index contributed by atoms with van der Waals surface area (Å²) >= 11 is 5.62. The van der Waals surface area contributed by atoms with Gasteiger partial charge in [-0.3, -0.25) is 0 Å². The molecule has 0 aliphatic heterocycles. The Bertz CT molecular complexity index is 772. The lowest BCUT2D eigenvalue weighted by molar-refractivity contribution is -0.136. The molecule has 1 heterocycles. The highest BCUT2D eigenvalue weighted by Gasteiger charge is 2.33. The van der Waals surface area contributed by atoms with Gasteiger partial charge in [0.25, 0.3) is 0 Å². The topological polar surface area (TPSA) is 66.6 Å². The zero-order valence-electron chi connectivity index (χ0n) is 10.8. The number of pyridine rings is 1. The third-order valence-corrected chi connectivity index (χ3v) is 2.86. The maximum atomic E-state index is 12.8. The molecule has 0 atom stereocenters. The van der Waals surface area contributed by atoms with Crippen molar-refractivity contribution in [1.82, 2.24) is 4.73 Å². The Balaban J connectivity index is 2.28. The molecule has 116 valence electrons. The number of alkyl halides is 3. The predicted molar refractivity (Wildman–Crippen MR) is 72.7 cm³/mol. The highest BCUT2D eigenvalue weighted by Crippen LogP contribution is 2.34. The first-order valence-corrected chi connectivity index (χ1v) is 6.24. The average Bonchev–Trinajstić information content (AvgIpc) is 2.42. The highest BCUT2D eigenvalue weighted by atomic mass is 35.5. The molecule has 0 radical (unpaired) electrons. The van der Waals surface area contributed by atoms with Gasteiger partial charge in [-0.05, 0) is 18.2 Å². The van der Waals surface area contributed by atoms with Crippen LogP contribution in [0.15, 0.2) is 47.6 Å². The fourth-order valence-electron chi connectivity index (χ4n) is 1.62. The van der Waals surface area contributed by atoms with Crippen molar-refractivity contribution in [3.63, 3.8) is 0 Å². The standard InChI is InChI=1S/C13H9ClF3N3O2/c14-11-7-8(5-6-20(11)22)18-12(21)19-10-4-2-1-3-9(10)13(15,16)17/h1-7,22H,(H,19,21)/b18-8-. The van der Waals surface area contributed by atoms with E-state index >= 15 is 0 Å². The summed E-state index contributed by atoms with van der Waals surface area (Å²) < 4.78 is 39.0. The van der Waals surface area contributed by atoms with Crippen molar-refractivity contribution < 1.29 is 23.2 Å². The number of hydrogen-bond acceptors (Lipinski definition) is 2. The molecule has 0 unspecified atom stereocenters. The van der Waals surface area contributed by atoms with Crippen molar-refractivity contribution in [2.45, 2.75) is 6.18 Å². The number of anilines is 1. The molecule has 0 fully saturated rings. The van der Waals surface area contributed by atoms with Crippen LogP contribution < -0.4 is 10.7 Å². The van der Waals surface area contributed by atoms with Crippen LogP contribution in [0.1, 0.15) is 5.56 Å². The van der Waals surface area contributed by atoms with Gasteiger partial charge in [-0.1, -0.05) is 23.7 Å². The van der Waals surface area contributed by atoms with Gasteiger partial charge in [0.2, 0.25) is 0 Å². The number of rotatable bonds is 1. The van der Waals surface area contributed by atoms with Gasteiger partial charge in [-0.2, -0.15) is 22.9 Å². The van der Waals surface area contributed by atoms with E-state index in [0.29, 0.717) is 4.73 Å². The Morgan fingerprint density at radius 2 is 1.95 bits per heavy atom. The molecule has 0 aliphatic rings. The summed E-state index contributed by atoms with van der Waals surface area (Å²) in [5, 5.41) is 11.2. The molecule has 9 heteroatoms. The first kappa shape index (κ1) is 15.9. The van der Waals surface area contributed by atoms with E-state index in [9.17, 15) is 18.0 Å². The molecule has 1 aromatic heterocycles. The number of aromatic nitrogens is 1. The monoisotopic (exact) mass is 331 g/mol. The second-order valence-corrected chi connectivity index (χ2v) is 4.52. The molecule has 0 aliphatic carbocycles. The molecule has 0 saturated carbocycles. The summed E-state index contributed by atoms with van der Waals surface area (Å²) in [6, 6.07) is 5.99. The first-order chi connectivity index (χ1) is 10.3. The van der Waals surface area contributed by atoms with Crippen LogP contribution in [0.25, 0.3) is 0 Å². The third kappa shape index (κ3) is 3.79. The molecule has 2 amide bonds. The molecule has 2 aromatic rings. The van der Waals surface area contributed by atoms with Crippen LogP contribution in [0.3, 0.4) is 0 Å². The lowest BCUT2D eigenvalue weighted by Crippen LogP contribution is -2.16. The van der Waals surface area contributed by atoms with Crippen molar-refractivity contribution >= 4 is 23.3 Å². The second-order valence-electron chi connectivity index (χ2n) is 4.14. The number of urea groups is 1.